The standard InChI is InChI=1S/C19H11ClN2O3S/c20-16-8-7-15(26-16)17(23)10-1-3-11(4-2-10)18-21-13-6-5-12(19(24)25)9-14(13)22-18/h1-9H,(H,21,22)(H,24,25). The zero-order valence-electron chi connectivity index (χ0n) is 13.2. The number of H-pyrrole nitrogens is 1. The molecule has 4 rings (SSSR count). The number of imidazole rings is 1. The Morgan fingerprint density at radius 3 is 2.38 bits per heavy atom. The molecule has 0 atom stereocenters. The molecule has 7 heteroatoms. The number of aromatic amines is 1. The zero-order valence-corrected chi connectivity index (χ0v) is 14.8. The molecule has 0 aliphatic carbocycles. The Bertz CT molecular complexity index is 1150. The van der Waals surface area contributed by atoms with Crippen LogP contribution in [-0.4, -0.2) is 26.8 Å². The smallest absolute Gasteiger partial charge is 0.335 e. The fraction of sp³-hybridized carbons (Fsp3) is 0. The van der Waals surface area contributed by atoms with E-state index >= 15 is 0 Å². The molecule has 0 spiro atoms. The van der Waals surface area contributed by atoms with Gasteiger partial charge < -0.3 is 10.1 Å². The SMILES string of the molecule is O=C(O)c1ccc2nc(-c3ccc(C(=O)c4ccc(Cl)s4)cc3)[nH]c2c1. The normalized spacial score (nSPS) is 11.0. The van der Waals surface area contributed by atoms with Gasteiger partial charge in [0.2, 0.25) is 5.78 Å². The van der Waals surface area contributed by atoms with Gasteiger partial charge in [-0.15, -0.1) is 11.3 Å². The average Bonchev–Trinajstić information content (AvgIpc) is 3.26. The van der Waals surface area contributed by atoms with Crippen LogP contribution in [-0.2, 0) is 0 Å². The van der Waals surface area contributed by atoms with Crippen molar-refractivity contribution in [3.05, 3.63) is 74.9 Å². The largest absolute Gasteiger partial charge is 0.478 e. The van der Waals surface area contributed by atoms with Gasteiger partial charge in [-0.25, -0.2) is 9.78 Å². The van der Waals surface area contributed by atoms with Crippen LogP contribution < -0.4 is 0 Å². The molecule has 26 heavy (non-hydrogen) atoms. The highest BCUT2D eigenvalue weighted by Gasteiger charge is 2.13. The predicted octanol–water partition coefficient (Wildman–Crippen LogP) is 4.87. The number of hydrogen-bond acceptors (Lipinski definition) is 4. The molecule has 2 heterocycles. The summed E-state index contributed by atoms with van der Waals surface area (Å²) in [5.41, 5.74) is 2.89. The minimum absolute atomic E-state index is 0.0795. The van der Waals surface area contributed by atoms with Crippen molar-refractivity contribution in [1.82, 2.24) is 9.97 Å². The fourth-order valence-corrected chi connectivity index (χ4v) is 3.64. The number of benzene rings is 2. The second-order valence-electron chi connectivity index (χ2n) is 5.63. The highest BCUT2D eigenvalue weighted by Crippen LogP contribution is 2.26. The van der Waals surface area contributed by atoms with Crippen LogP contribution in [0.5, 0.6) is 0 Å². The van der Waals surface area contributed by atoms with E-state index in [0.29, 0.717) is 31.6 Å². The molecular formula is C19H11ClN2O3S. The maximum Gasteiger partial charge on any atom is 0.335 e. The summed E-state index contributed by atoms with van der Waals surface area (Å²) in [6.07, 6.45) is 0. The molecule has 2 aromatic heterocycles. The van der Waals surface area contributed by atoms with Gasteiger partial charge in [-0.2, -0.15) is 0 Å². The Kier molecular flexibility index (Phi) is 4.06. The molecule has 0 aliphatic rings. The number of nitrogens with zero attached hydrogens (tertiary/aromatic N) is 1. The summed E-state index contributed by atoms with van der Waals surface area (Å²) in [4.78, 5) is 31.7. The third-order valence-electron chi connectivity index (χ3n) is 3.95. The molecule has 2 N–H and O–H groups in total. The van der Waals surface area contributed by atoms with Gasteiger partial charge in [0.25, 0.3) is 0 Å². The quantitative estimate of drug-likeness (QED) is 0.493. The maximum atomic E-state index is 12.4. The van der Waals surface area contributed by atoms with Gasteiger partial charge in [0.1, 0.15) is 5.82 Å². The van der Waals surface area contributed by atoms with Crippen LogP contribution in [0.3, 0.4) is 0 Å². The number of fused-ring (bicyclic) bond motifs is 1. The minimum Gasteiger partial charge on any atom is -0.478 e. The first kappa shape index (κ1) is 16.5. The lowest BCUT2D eigenvalue weighted by Gasteiger charge is -2.00. The fourth-order valence-electron chi connectivity index (χ4n) is 2.64. The lowest BCUT2D eigenvalue weighted by Crippen LogP contribution is -1.98. The van der Waals surface area contributed by atoms with Gasteiger partial charge in [-0.1, -0.05) is 35.9 Å². The van der Waals surface area contributed by atoms with Gasteiger partial charge in [0.05, 0.1) is 25.8 Å². The number of carbonyl (C=O) groups excluding carboxylic acids is 1. The van der Waals surface area contributed by atoms with Crippen molar-refractivity contribution >= 4 is 45.7 Å². The van der Waals surface area contributed by atoms with Crippen LogP contribution in [0.4, 0.5) is 0 Å². The number of aromatic nitrogens is 2. The van der Waals surface area contributed by atoms with Crippen LogP contribution in [0.25, 0.3) is 22.4 Å². The minimum atomic E-state index is -0.986. The molecule has 0 bridgehead atoms. The van der Waals surface area contributed by atoms with Crippen LogP contribution >= 0.6 is 22.9 Å². The molecule has 0 aliphatic heterocycles. The van der Waals surface area contributed by atoms with E-state index in [1.807, 2.05) is 0 Å². The van der Waals surface area contributed by atoms with Gasteiger partial charge in [0, 0.05) is 11.1 Å². The molecule has 128 valence electrons. The summed E-state index contributed by atoms with van der Waals surface area (Å²) in [6.45, 7) is 0. The Hall–Kier alpha value is -2.96. The van der Waals surface area contributed by atoms with E-state index in [9.17, 15) is 9.59 Å². The zero-order chi connectivity index (χ0) is 18.3. The molecule has 0 saturated carbocycles. The second-order valence-corrected chi connectivity index (χ2v) is 7.35. The number of aromatic carboxylic acids is 1. The van der Waals surface area contributed by atoms with Crippen molar-refractivity contribution in [1.29, 1.82) is 0 Å². The van der Waals surface area contributed by atoms with E-state index in [0.717, 1.165) is 5.56 Å². The van der Waals surface area contributed by atoms with Crippen molar-refractivity contribution in [2.75, 3.05) is 0 Å². The number of carbonyl (C=O) groups is 2. The number of hydrogen-bond donors (Lipinski definition) is 2. The Morgan fingerprint density at radius 1 is 1.00 bits per heavy atom. The van der Waals surface area contributed by atoms with Crippen molar-refractivity contribution in [3.63, 3.8) is 0 Å². The number of nitrogens with one attached hydrogen (secondary N) is 1. The average molecular weight is 383 g/mol. The molecule has 5 nitrogen and oxygen atoms in total. The van der Waals surface area contributed by atoms with Crippen molar-refractivity contribution < 1.29 is 14.7 Å². The first-order valence-corrected chi connectivity index (χ1v) is 8.84. The second kappa shape index (κ2) is 6.40. The van der Waals surface area contributed by atoms with E-state index in [2.05, 4.69) is 9.97 Å². The summed E-state index contributed by atoms with van der Waals surface area (Å²) in [6, 6.07) is 15.2. The Morgan fingerprint density at radius 2 is 1.73 bits per heavy atom. The molecular weight excluding hydrogens is 372 g/mol. The topological polar surface area (TPSA) is 83.0 Å². The number of ketones is 1. The summed E-state index contributed by atoms with van der Waals surface area (Å²) >= 11 is 7.13. The summed E-state index contributed by atoms with van der Waals surface area (Å²) in [5.74, 6) is -0.454. The van der Waals surface area contributed by atoms with Gasteiger partial charge in [-0.05, 0) is 30.3 Å². The van der Waals surface area contributed by atoms with Crippen LogP contribution in [0.2, 0.25) is 4.34 Å². The molecule has 0 amide bonds. The van der Waals surface area contributed by atoms with Gasteiger partial charge in [0.15, 0.2) is 0 Å². The van der Waals surface area contributed by atoms with Gasteiger partial charge >= 0.3 is 5.97 Å². The van der Waals surface area contributed by atoms with Gasteiger partial charge in [-0.3, -0.25) is 4.79 Å². The molecule has 0 fully saturated rings. The molecule has 4 aromatic rings. The highest BCUT2D eigenvalue weighted by atomic mass is 35.5. The highest BCUT2D eigenvalue weighted by molar-refractivity contribution is 7.18. The lowest BCUT2D eigenvalue weighted by molar-refractivity contribution is 0.0697. The van der Waals surface area contributed by atoms with E-state index in [-0.39, 0.29) is 11.3 Å². The molecule has 0 saturated heterocycles. The van der Waals surface area contributed by atoms with Crippen LogP contribution in [0.1, 0.15) is 25.6 Å². The summed E-state index contributed by atoms with van der Waals surface area (Å²) in [5, 5.41) is 9.07. The van der Waals surface area contributed by atoms with Crippen molar-refractivity contribution in [3.8, 4) is 11.4 Å². The summed E-state index contributed by atoms with van der Waals surface area (Å²) in [7, 11) is 0. The van der Waals surface area contributed by atoms with Crippen molar-refractivity contribution in [2.24, 2.45) is 0 Å². The van der Waals surface area contributed by atoms with E-state index in [1.165, 1.54) is 17.4 Å². The van der Waals surface area contributed by atoms with Crippen molar-refractivity contribution in [2.45, 2.75) is 0 Å². The molecule has 0 radical (unpaired) electrons. The molecule has 2 aromatic carbocycles. The Balaban J connectivity index is 1.65. The lowest BCUT2D eigenvalue weighted by atomic mass is 10.1. The first-order valence-electron chi connectivity index (χ1n) is 7.65. The van der Waals surface area contributed by atoms with Crippen LogP contribution in [0.15, 0.2) is 54.6 Å². The third kappa shape index (κ3) is 3.00. The summed E-state index contributed by atoms with van der Waals surface area (Å²) < 4.78 is 0.577. The number of carboxylic acids is 1. The number of carboxylic acid groups (broad SMARTS) is 1. The number of thiophene rings is 1. The monoisotopic (exact) mass is 382 g/mol. The van der Waals surface area contributed by atoms with E-state index in [1.54, 1.807) is 48.5 Å². The maximum absolute atomic E-state index is 12.4. The van der Waals surface area contributed by atoms with E-state index < -0.39 is 5.97 Å². The Labute approximate surface area is 156 Å². The van der Waals surface area contributed by atoms with E-state index in [4.69, 9.17) is 16.7 Å². The molecule has 0 unspecified atom stereocenters. The van der Waals surface area contributed by atoms with Crippen LogP contribution in [0, 0.1) is 0 Å². The number of rotatable bonds is 4. The third-order valence-corrected chi connectivity index (χ3v) is 5.18. The first-order chi connectivity index (χ1) is 12.5. The number of halogens is 1. The predicted molar refractivity (Wildman–Crippen MR) is 101 cm³/mol.